The second kappa shape index (κ2) is 6.74. The number of benzene rings is 1. The van der Waals surface area contributed by atoms with Crippen LogP contribution < -0.4 is 10.2 Å². The first-order valence-electron chi connectivity index (χ1n) is 6.53. The van der Waals surface area contributed by atoms with Gasteiger partial charge in [-0.2, -0.15) is 0 Å². The molecular formula is C14H17BrN2O3. The van der Waals surface area contributed by atoms with Gasteiger partial charge in [-0.3, -0.25) is 9.59 Å². The monoisotopic (exact) mass is 340 g/mol. The third-order valence-electron chi connectivity index (χ3n) is 3.38. The summed E-state index contributed by atoms with van der Waals surface area (Å²) in [5.41, 5.74) is 1.17. The standard InChI is InChI=1S/C14H17BrN2O3/c15-11-1-3-12(4-2-11)17-6-5-10(9-17)8-16-13(18)7-14(19)20/h1-4,10H,5-9H2,(H,16,18)(H,19,20). The van der Waals surface area contributed by atoms with Gasteiger partial charge in [0.25, 0.3) is 0 Å². The highest BCUT2D eigenvalue weighted by Crippen LogP contribution is 2.24. The molecule has 1 unspecified atom stereocenters. The first kappa shape index (κ1) is 14.8. The average molecular weight is 341 g/mol. The zero-order valence-corrected chi connectivity index (χ0v) is 12.6. The highest BCUT2D eigenvalue weighted by molar-refractivity contribution is 9.10. The average Bonchev–Trinajstić information content (AvgIpc) is 2.85. The van der Waals surface area contributed by atoms with E-state index in [0.717, 1.165) is 24.0 Å². The Bertz CT molecular complexity index is 490. The van der Waals surface area contributed by atoms with Crippen LogP contribution in [0.3, 0.4) is 0 Å². The molecule has 1 aliphatic heterocycles. The predicted octanol–water partition coefficient (Wildman–Crippen LogP) is 1.87. The van der Waals surface area contributed by atoms with Crippen LogP contribution in [0.15, 0.2) is 28.7 Å². The summed E-state index contributed by atoms with van der Waals surface area (Å²) in [5.74, 6) is -1.14. The third-order valence-corrected chi connectivity index (χ3v) is 3.91. The van der Waals surface area contributed by atoms with E-state index in [1.54, 1.807) is 0 Å². The topological polar surface area (TPSA) is 69.6 Å². The minimum absolute atomic E-state index is 0.372. The molecule has 1 aromatic rings. The summed E-state index contributed by atoms with van der Waals surface area (Å²) < 4.78 is 1.05. The van der Waals surface area contributed by atoms with Crippen LogP contribution in [-0.2, 0) is 9.59 Å². The SMILES string of the molecule is O=C(O)CC(=O)NCC1CCN(c2ccc(Br)cc2)C1. The fourth-order valence-electron chi connectivity index (χ4n) is 2.34. The minimum atomic E-state index is -1.09. The quantitative estimate of drug-likeness (QED) is 0.803. The lowest BCUT2D eigenvalue weighted by atomic mass is 10.1. The van der Waals surface area contributed by atoms with Gasteiger partial charge in [-0.05, 0) is 36.6 Å². The van der Waals surface area contributed by atoms with E-state index in [1.165, 1.54) is 5.69 Å². The Kier molecular flexibility index (Phi) is 5.00. The van der Waals surface area contributed by atoms with Gasteiger partial charge < -0.3 is 15.3 Å². The number of nitrogens with zero attached hydrogens (tertiary/aromatic N) is 1. The number of carbonyl (C=O) groups excluding carboxylic acids is 1. The molecule has 1 amide bonds. The number of nitrogens with one attached hydrogen (secondary N) is 1. The van der Waals surface area contributed by atoms with Gasteiger partial charge in [-0.25, -0.2) is 0 Å². The molecule has 108 valence electrons. The normalized spacial score (nSPS) is 18.1. The maximum Gasteiger partial charge on any atom is 0.312 e. The molecule has 2 rings (SSSR count). The fourth-order valence-corrected chi connectivity index (χ4v) is 2.61. The van der Waals surface area contributed by atoms with Crippen LogP contribution in [-0.4, -0.2) is 36.6 Å². The lowest BCUT2D eigenvalue weighted by Gasteiger charge is -2.19. The van der Waals surface area contributed by atoms with Gasteiger partial charge in [-0.15, -0.1) is 0 Å². The Hall–Kier alpha value is -1.56. The number of carboxylic acids is 1. The second-order valence-electron chi connectivity index (χ2n) is 4.95. The van der Waals surface area contributed by atoms with Gasteiger partial charge in [0, 0.05) is 29.8 Å². The van der Waals surface area contributed by atoms with Crippen molar-refractivity contribution in [2.24, 2.45) is 5.92 Å². The maximum absolute atomic E-state index is 11.3. The maximum atomic E-state index is 11.3. The number of aliphatic carboxylic acids is 1. The molecule has 1 aliphatic rings. The number of carbonyl (C=O) groups is 2. The van der Waals surface area contributed by atoms with Crippen molar-refractivity contribution in [3.8, 4) is 0 Å². The van der Waals surface area contributed by atoms with Crippen LogP contribution >= 0.6 is 15.9 Å². The van der Waals surface area contributed by atoms with Gasteiger partial charge in [0.05, 0.1) is 0 Å². The molecule has 0 aromatic heterocycles. The van der Waals surface area contributed by atoms with Crippen LogP contribution in [0.4, 0.5) is 5.69 Å². The van der Waals surface area contributed by atoms with Gasteiger partial charge in [0.15, 0.2) is 0 Å². The molecule has 0 radical (unpaired) electrons. The highest BCUT2D eigenvalue weighted by Gasteiger charge is 2.23. The number of carboxylic acid groups (broad SMARTS) is 1. The predicted molar refractivity (Wildman–Crippen MR) is 79.7 cm³/mol. The summed E-state index contributed by atoms with van der Waals surface area (Å²) >= 11 is 3.41. The highest BCUT2D eigenvalue weighted by atomic mass is 79.9. The summed E-state index contributed by atoms with van der Waals surface area (Å²) in [7, 11) is 0. The summed E-state index contributed by atoms with van der Waals surface area (Å²) in [6, 6.07) is 8.15. The molecule has 0 spiro atoms. The van der Waals surface area contributed by atoms with Crippen molar-refractivity contribution >= 4 is 33.5 Å². The van der Waals surface area contributed by atoms with E-state index in [0.29, 0.717) is 12.5 Å². The van der Waals surface area contributed by atoms with E-state index in [4.69, 9.17) is 5.11 Å². The summed E-state index contributed by atoms with van der Waals surface area (Å²) in [5, 5.41) is 11.2. The Morgan fingerprint density at radius 2 is 2.05 bits per heavy atom. The van der Waals surface area contributed by atoms with Crippen molar-refractivity contribution in [2.75, 3.05) is 24.5 Å². The van der Waals surface area contributed by atoms with E-state index < -0.39 is 18.3 Å². The molecule has 2 N–H and O–H groups in total. The van der Waals surface area contributed by atoms with Crippen LogP contribution in [0.1, 0.15) is 12.8 Å². The van der Waals surface area contributed by atoms with Crippen LogP contribution in [0.2, 0.25) is 0 Å². The van der Waals surface area contributed by atoms with E-state index >= 15 is 0 Å². The lowest BCUT2D eigenvalue weighted by molar-refractivity contribution is -0.140. The van der Waals surface area contributed by atoms with Gasteiger partial charge in [0.2, 0.25) is 5.91 Å². The van der Waals surface area contributed by atoms with Crippen LogP contribution in [0.25, 0.3) is 0 Å². The molecule has 0 bridgehead atoms. The molecule has 1 atom stereocenters. The van der Waals surface area contributed by atoms with E-state index in [9.17, 15) is 9.59 Å². The molecule has 1 fully saturated rings. The number of hydrogen-bond donors (Lipinski definition) is 2. The van der Waals surface area contributed by atoms with Crippen LogP contribution in [0.5, 0.6) is 0 Å². The van der Waals surface area contributed by atoms with Crippen LogP contribution in [0, 0.1) is 5.92 Å². The smallest absolute Gasteiger partial charge is 0.312 e. The molecule has 1 aromatic carbocycles. The second-order valence-corrected chi connectivity index (χ2v) is 5.87. The number of anilines is 1. The Balaban J connectivity index is 1.79. The number of amides is 1. The summed E-state index contributed by atoms with van der Waals surface area (Å²) in [6.07, 6.45) is 0.548. The number of rotatable bonds is 5. The van der Waals surface area contributed by atoms with Crippen molar-refractivity contribution < 1.29 is 14.7 Å². The van der Waals surface area contributed by atoms with Gasteiger partial charge in [-0.1, -0.05) is 15.9 Å². The van der Waals surface area contributed by atoms with Gasteiger partial charge >= 0.3 is 5.97 Å². The molecular weight excluding hydrogens is 324 g/mol. The third kappa shape index (κ3) is 4.23. The number of halogens is 1. The first-order valence-corrected chi connectivity index (χ1v) is 7.33. The molecule has 1 saturated heterocycles. The number of hydrogen-bond acceptors (Lipinski definition) is 3. The minimum Gasteiger partial charge on any atom is -0.481 e. The Morgan fingerprint density at radius 3 is 2.70 bits per heavy atom. The van der Waals surface area contributed by atoms with E-state index in [2.05, 4.69) is 38.3 Å². The van der Waals surface area contributed by atoms with E-state index in [1.807, 2.05) is 12.1 Å². The summed E-state index contributed by atoms with van der Waals surface area (Å²) in [6.45, 7) is 2.38. The molecule has 20 heavy (non-hydrogen) atoms. The largest absolute Gasteiger partial charge is 0.481 e. The molecule has 6 heteroatoms. The Morgan fingerprint density at radius 1 is 1.35 bits per heavy atom. The van der Waals surface area contributed by atoms with Gasteiger partial charge in [0.1, 0.15) is 6.42 Å². The zero-order chi connectivity index (χ0) is 14.5. The van der Waals surface area contributed by atoms with Crippen molar-refractivity contribution in [1.29, 1.82) is 0 Å². The summed E-state index contributed by atoms with van der Waals surface area (Å²) in [4.78, 5) is 24.0. The molecule has 5 nitrogen and oxygen atoms in total. The zero-order valence-electron chi connectivity index (χ0n) is 11.0. The fraction of sp³-hybridized carbons (Fsp3) is 0.429. The van der Waals surface area contributed by atoms with Crippen molar-refractivity contribution in [1.82, 2.24) is 5.32 Å². The molecule has 0 saturated carbocycles. The molecule has 1 heterocycles. The van der Waals surface area contributed by atoms with E-state index in [-0.39, 0.29) is 0 Å². The van der Waals surface area contributed by atoms with Crippen molar-refractivity contribution in [3.63, 3.8) is 0 Å². The first-order chi connectivity index (χ1) is 9.54. The van der Waals surface area contributed by atoms with Crippen molar-refractivity contribution in [2.45, 2.75) is 12.8 Å². The van der Waals surface area contributed by atoms with Crippen molar-refractivity contribution in [3.05, 3.63) is 28.7 Å². The Labute approximate surface area is 126 Å². The lowest BCUT2D eigenvalue weighted by Crippen LogP contribution is -2.32. The molecule has 0 aliphatic carbocycles.